The van der Waals surface area contributed by atoms with Crippen molar-refractivity contribution in [1.82, 2.24) is 19.6 Å². The molecule has 1 aromatic carbocycles. The van der Waals surface area contributed by atoms with Crippen LogP contribution < -0.4 is 5.32 Å². The Morgan fingerprint density at radius 2 is 1.71 bits per heavy atom. The van der Waals surface area contributed by atoms with Gasteiger partial charge in [-0.3, -0.25) is 14.3 Å². The molecule has 2 aromatic rings. The number of anilines is 1. The van der Waals surface area contributed by atoms with Crippen LogP contribution in [0.1, 0.15) is 47.3 Å². The van der Waals surface area contributed by atoms with E-state index in [0.717, 1.165) is 31.9 Å². The van der Waals surface area contributed by atoms with E-state index < -0.39 is 0 Å². The Kier molecular flexibility index (Phi) is 5.56. The van der Waals surface area contributed by atoms with Gasteiger partial charge < -0.3 is 15.1 Å². The molecule has 28 heavy (non-hydrogen) atoms. The van der Waals surface area contributed by atoms with Gasteiger partial charge in [-0.15, -0.1) is 0 Å². The van der Waals surface area contributed by atoms with Crippen LogP contribution in [0.2, 0.25) is 0 Å². The van der Waals surface area contributed by atoms with Crippen molar-refractivity contribution in [2.75, 3.05) is 38.5 Å². The Hall–Kier alpha value is -2.67. The van der Waals surface area contributed by atoms with Crippen LogP contribution in [0, 0.1) is 0 Å². The fraction of sp³-hybridized carbons (Fsp3) is 0.476. The molecule has 7 heteroatoms. The van der Waals surface area contributed by atoms with Crippen molar-refractivity contribution >= 4 is 17.5 Å². The van der Waals surface area contributed by atoms with Crippen molar-refractivity contribution in [1.29, 1.82) is 0 Å². The highest BCUT2D eigenvalue weighted by atomic mass is 16.2. The largest absolute Gasteiger partial charge is 0.336 e. The molecule has 1 aromatic heterocycles. The Morgan fingerprint density at radius 3 is 2.32 bits per heavy atom. The summed E-state index contributed by atoms with van der Waals surface area (Å²) >= 11 is 0. The van der Waals surface area contributed by atoms with Crippen LogP contribution in [-0.4, -0.2) is 64.6 Å². The maximum absolute atomic E-state index is 12.8. The van der Waals surface area contributed by atoms with Crippen molar-refractivity contribution in [2.24, 2.45) is 7.05 Å². The van der Waals surface area contributed by atoms with Gasteiger partial charge in [-0.25, -0.2) is 0 Å². The summed E-state index contributed by atoms with van der Waals surface area (Å²) in [5.74, 6) is -0.241. The molecule has 7 nitrogen and oxygen atoms in total. The van der Waals surface area contributed by atoms with Crippen LogP contribution in [-0.2, 0) is 12.5 Å². The monoisotopic (exact) mass is 383 g/mol. The predicted octanol–water partition coefficient (Wildman–Crippen LogP) is 2.36. The Balaban J connectivity index is 1.73. The van der Waals surface area contributed by atoms with Crippen molar-refractivity contribution < 1.29 is 9.59 Å². The summed E-state index contributed by atoms with van der Waals surface area (Å²) in [6, 6.07) is 8.93. The number of hydrogen-bond donors (Lipinski definition) is 1. The first-order valence-corrected chi connectivity index (χ1v) is 9.59. The van der Waals surface area contributed by atoms with E-state index in [9.17, 15) is 9.59 Å². The quantitative estimate of drug-likeness (QED) is 0.883. The summed E-state index contributed by atoms with van der Waals surface area (Å²) < 4.78 is 1.59. The van der Waals surface area contributed by atoms with Gasteiger partial charge >= 0.3 is 0 Å². The van der Waals surface area contributed by atoms with Crippen molar-refractivity contribution in [2.45, 2.75) is 26.2 Å². The van der Waals surface area contributed by atoms with Crippen LogP contribution in [0.4, 0.5) is 5.69 Å². The third-order valence-electron chi connectivity index (χ3n) is 5.04. The zero-order valence-corrected chi connectivity index (χ0v) is 17.3. The molecule has 1 saturated heterocycles. The maximum Gasteiger partial charge on any atom is 0.273 e. The topological polar surface area (TPSA) is 70.5 Å². The van der Waals surface area contributed by atoms with Crippen LogP contribution in [0.25, 0.3) is 0 Å². The molecule has 0 spiro atoms. The van der Waals surface area contributed by atoms with E-state index in [0.29, 0.717) is 16.9 Å². The number of carbonyl (C=O) groups is 2. The fourth-order valence-electron chi connectivity index (χ4n) is 3.16. The van der Waals surface area contributed by atoms with E-state index in [-0.39, 0.29) is 17.2 Å². The van der Waals surface area contributed by atoms with Gasteiger partial charge in [-0.05, 0) is 31.3 Å². The lowest BCUT2D eigenvalue weighted by atomic mass is 9.92. The lowest BCUT2D eigenvalue weighted by Gasteiger charge is -2.32. The van der Waals surface area contributed by atoms with Gasteiger partial charge in [0.15, 0.2) is 0 Å². The van der Waals surface area contributed by atoms with Gasteiger partial charge in [0.2, 0.25) is 0 Å². The van der Waals surface area contributed by atoms with E-state index in [2.05, 4.69) is 43.1 Å². The summed E-state index contributed by atoms with van der Waals surface area (Å²) in [5, 5.41) is 7.34. The number of aryl methyl sites for hydroxylation is 1. The number of aromatic nitrogens is 2. The first-order valence-electron chi connectivity index (χ1n) is 9.59. The number of piperazine rings is 1. The molecule has 1 aliphatic rings. The van der Waals surface area contributed by atoms with Crippen LogP contribution in [0.15, 0.2) is 30.3 Å². The van der Waals surface area contributed by atoms with E-state index in [4.69, 9.17) is 0 Å². The molecule has 0 aliphatic carbocycles. The Labute approximate surface area is 166 Å². The highest BCUT2D eigenvalue weighted by Gasteiger charge is 2.23. The molecular weight excluding hydrogens is 354 g/mol. The number of rotatable bonds is 3. The van der Waals surface area contributed by atoms with E-state index in [1.165, 1.54) is 0 Å². The molecule has 2 heterocycles. The number of likely N-dealkylation sites (N-methyl/N-ethyl adjacent to an activating group) is 1. The standard InChI is InChI=1S/C21H29N5O2/c1-21(2,3)18-14-17(25(5)23-18)19(27)22-16-8-6-7-15(13-16)20(28)26-11-9-24(4)10-12-26/h6-8,13-14H,9-12H2,1-5H3,(H,22,27). The van der Waals surface area contributed by atoms with Gasteiger partial charge in [-0.1, -0.05) is 26.8 Å². The lowest BCUT2D eigenvalue weighted by Crippen LogP contribution is -2.47. The number of nitrogens with zero attached hydrogens (tertiary/aromatic N) is 4. The van der Waals surface area contributed by atoms with Gasteiger partial charge in [-0.2, -0.15) is 5.10 Å². The normalized spacial score (nSPS) is 15.5. The highest BCUT2D eigenvalue weighted by Crippen LogP contribution is 2.22. The van der Waals surface area contributed by atoms with Crippen LogP contribution in [0.5, 0.6) is 0 Å². The molecular formula is C21H29N5O2. The smallest absolute Gasteiger partial charge is 0.273 e. The molecule has 0 radical (unpaired) electrons. The van der Waals surface area contributed by atoms with Gasteiger partial charge in [0, 0.05) is 49.9 Å². The second-order valence-corrected chi connectivity index (χ2v) is 8.42. The Bertz CT molecular complexity index is 873. The number of carbonyl (C=O) groups excluding carboxylic acids is 2. The fourth-order valence-corrected chi connectivity index (χ4v) is 3.16. The van der Waals surface area contributed by atoms with Crippen molar-refractivity contribution in [3.63, 3.8) is 0 Å². The molecule has 150 valence electrons. The van der Waals surface area contributed by atoms with Crippen LogP contribution >= 0.6 is 0 Å². The molecule has 1 N–H and O–H groups in total. The third kappa shape index (κ3) is 4.42. The predicted molar refractivity (Wildman–Crippen MR) is 110 cm³/mol. The Morgan fingerprint density at radius 1 is 1.04 bits per heavy atom. The summed E-state index contributed by atoms with van der Waals surface area (Å²) in [7, 11) is 3.82. The summed E-state index contributed by atoms with van der Waals surface area (Å²) in [5.41, 5.74) is 2.40. The summed E-state index contributed by atoms with van der Waals surface area (Å²) in [6.45, 7) is 9.37. The minimum atomic E-state index is -0.241. The number of nitrogens with one attached hydrogen (secondary N) is 1. The first kappa shape index (κ1) is 20.1. The molecule has 1 aliphatic heterocycles. The zero-order chi connectivity index (χ0) is 20.5. The third-order valence-corrected chi connectivity index (χ3v) is 5.04. The zero-order valence-electron chi connectivity index (χ0n) is 17.3. The van der Waals surface area contributed by atoms with Gasteiger partial charge in [0.25, 0.3) is 11.8 Å². The molecule has 2 amide bonds. The molecule has 1 fully saturated rings. The minimum absolute atomic E-state index is 0.000230. The minimum Gasteiger partial charge on any atom is -0.336 e. The number of hydrogen-bond acceptors (Lipinski definition) is 4. The average Bonchev–Trinajstić information content (AvgIpc) is 3.04. The van der Waals surface area contributed by atoms with Crippen molar-refractivity contribution in [3.8, 4) is 0 Å². The van der Waals surface area contributed by atoms with E-state index in [1.54, 1.807) is 36.0 Å². The first-order chi connectivity index (χ1) is 13.1. The molecule has 0 atom stereocenters. The second-order valence-electron chi connectivity index (χ2n) is 8.42. The summed E-state index contributed by atoms with van der Waals surface area (Å²) in [4.78, 5) is 29.6. The summed E-state index contributed by atoms with van der Waals surface area (Å²) in [6.07, 6.45) is 0. The molecule has 0 unspecified atom stereocenters. The number of amides is 2. The van der Waals surface area contributed by atoms with Crippen molar-refractivity contribution in [3.05, 3.63) is 47.3 Å². The van der Waals surface area contributed by atoms with E-state index >= 15 is 0 Å². The second kappa shape index (κ2) is 7.75. The molecule has 0 saturated carbocycles. The lowest BCUT2D eigenvalue weighted by molar-refractivity contribution is 0.0664. The number of benzene rings is 1. The van der Waals surface area contributed by atoms with Crippen LogP contribution in [0.3, 0.4) is 0 Å². The molecule has 0 bridgehead atoms. The van der Waals surface area contributed by atoms with Gasteiger partial charge in [0.1, 0.15) is 5.69 Å². The maximum atomic E-state index is 12.8. The average molecular weight is 383 g/mol. The van der Waals surface area contributed by atoms with E-state index in [1.807, 2.05) is 11.0 Å². The highest BCUT2D eigenvalue weighted by molar-refractivity contribution is 6.04. The molecule has 3 rings (SSSR count). The van der Waals surface area contributed by atoms with Gasteiger partial charge in [0.05, 0.1) is 5.69 Å². The SMILES string of the molecule is CN1CCN(C(=O)c2cccc(NC(=O)c3cc(C(C)(C)C)nn3C)c2)CC1.